The summed E-state index contributed by atoms with van der Waals surface area (Å²) < 4.78 is 16.9. The predicted molar refractivity (Wildman–Crippen MR) is 129 cm³/mol. The molecule has 0 spiro atoms. The van der Waals surface area contributed by atoms with Gasteiger partial charge in [-0.05, 0) is 98.9 Å². The fourth-order valence-corrected chi connectivity index (χ4v) is 6.77. The average Bonchev–Trinajstić information content (AvgIpc) is 2.82. The normalized spacial score (nSPS) is 27.6. The van der Waals surface area contributed by atoms with Gasteiger partial charge in [-0.3, -0.25) is 0 Å². The van der Waals surface area contributed by atoms with Crippen molar-refractivity contribution in [3.05, 3.63) is 64.7 Å². The lowest BCUT2D eigenvalue weighted by Gasteiger charge is -2.57. The molecule has 6 rings (SSSR count). The lowest BCUT2D eigenvalue weighted by atomic mass is 9.48. The van der Waals surface area contributed by atoms with Gasteiger partial charge in [0, 0.05) is 23.8 Å². The van der Waals surface area contributed by atoms with Crippen molar-refractivity contribution in [1.82, 2.24) is 0 Å². The number of methoxy groups -OCH3 is 1. The third-order valence-corrected chi connectivity index (χ3v) is 7.94. The number of carboxylic acid groups (broad SMARTS) is 1. The molecule has 0 aliphatic heterocycles. The zero-order valence-electron chi connectivity index (χ0n) is 19.9. The van der Waals surface area contributed by atoms with E-state index in [9.17, 15) is 9.90 Å². The minimum absolute atomic E-state index is 0.130. The second-order valence-corrected chi connectivity index (χ2v) is 10.2. The highest BCUT2D eigenvalue weighted by Crippen LogP contribution is 2.61. The highest BCUT2D eigenvalue weighted by atomic mass is 16.7. The van der Waals surface area contributed by atoms with Crippen molar-refractivity contribution in [2.45, 2.75) is 57.2 Å². The molecule has 4 aliphatic rings. The van der Waals surface area contributed by atoms with E-state index in [1.165, 1.54) is 44.1 Å². The number of aromatic carboxylic acids is 1. The van der Waals surface area contributed by atoms with E-state index in [4.69, 9.17) is 14.2 Å². The molecule has 1 N–H and O–H groups in total. The van der Waals surface area contributed by atoms with Crippen LogP contribution in [0.4, 0.5) is 0 Å². The summed E-state index contributed by atoms with van der Waals surface area (Å²) in [5.74, 6) is 8.62. The van der Waals surface area contributed by atoms with Crippen molar-refractivity contribution >= 4 is 5.97 Å². The van der Waals surface area contributed by atoms with Crippen molar-refractivity contribution in [3.8, 4) is 17.6 Å². The van der Waals surface area contributed by atoms with Gasteiger partial charge in [-0.25, -0.2) is 4.79 Å². The summed E-state index contributed by atoms with van der Waals surface area (Å²) in [6.45, 7) is 1.97. The lowest BCUT2D eigenvalue weighted by Crippen LogP contribution is -2.48. The first-order chi connectivity index (χ1) is 16.5. The van der Waals surface area contributed by atoms with Gasteiger partial charge in [-0.1, -0.05) is 24.0 Å². The van der Waals surface area contributed by atoms with Crippen LogP contribution in [-0.2, 0) is 14.9 Å². The van der Waals surface area contributed by atoms with Crippen LogP contribution in [0.2, 0.25) is 0 Å². The molecule has 5 nitrogen and oxygen atoms in total. The van der Waals surface area contributed by atoms with Crippen LogP contribution >= 0.6 is 0 Å². The first kappa shape index (κ1) is 23.0. The maximum absolute atomic E-state index is 11.6. The first-order valence-corrected chi connectivity index (χ1v) is 12.2. The molecule has 0 aromatic heterocycles. The SMILES string of the molecule is COC(C)OCOc1ccc(C#Cc2ccccc2C(=O)O)cc1C12CC3CC(CC(C3)C1)C2. The van der Waals surface area contributed by atoms with Gasteiger partial charge in [0.1, 0.15) is 5.75 Å². The van der Waals surface area contributed by atoms with Crippen LogP contribution in [0.3, 0.4) is 0 Å². The molecule has 178 valence electrons. The molecule has 0 radical (unpaired) electrons. The van der Waals surface area contributed by atoms with Crippen LogP contribution < -0.4 is 4.74 Å². The zero-order chi connectivity index (χ0) is 23.7. The fourth-order valence-electron chi connectivity index (χ4n) is 6.77. The van der Waals surface area contributed by atoms with E-state index in [0.717, 1.165) is 29.1 Å². The van der Waals surface area contributed by atoms with E-state index >= 15 is 0 Å². The molecule has 0 amide bonds. The van der Waals surface area contributed by atoms with Gasteiger partial charge in [0.2, 0.25) is 0 Å². The predicted octanol–water partition coefficient (Wildman–Crippen LogP) is 5.60. The molecule has 4 aliphatic carbocycles. The topological polar surface area (TPSA) is 65.0 Å². The van der Waals surface area contributed by atoms with Gasteiger partial charge in [0.25, 0.3) is 0 Å². The Balaban J connectivity index is 1.49. The third-order valence-electron chi connectivity index (χ3n) is 7.94. The molecule has 34 heavy (non-hydrogen) atoms. The van der Waals surface area contributed by atoms with Crippen molar-refractivity contribution < 1.29 is 24.1 Å². The van der Waals surface area contributed by atoms with Gasteiger partial charge in [0.05, 0.1) is 5.56 Å². The lowest BCUT2D eigenvalue weighted by molar-refractivity contribution is -0.150. The highest BCUT2D eigenvalue weighted by Gasteiger charge is 2.52. The minimum Gasteiger partial charge on any atom is -0.478 e. The van der Waals surface area contributed by atoms with Crippen molar-refractivity contribution in [1.29, 1.82) is 0 Å². The van der Waals surface area contributed by atoms with Crippen LogP contribution in [0.25, 0.3) is 0 Å². The molecule has 5 heteroatoms. The summed E-state index contributed by atoms with van der Waals surface area (Å²) in [5, 5.41) is 9.47. The monoisotopic (exact) mass is 460 g/mol. The quantitative estimate of drug-likeness (QED) is 0.431. The smallest absolute Gasteiger partial charge is 0.336 e. The maximum Gasteiger partial charge on any atom is 0.336 e. The number of rotatable bonds is 7. The largest absolute Gasteiger partial charge is 0.478 e. The van der Waals surface area contributed by atoms with E-state index in [0.29, 0.717) is 5.56 Å². The molecule has 4 saturated carbocycles. The number of hydrogen-bond acceptors (Lipinski definition) is 4. The van der Waals surface area contributed by atoms with E-state index in [1.807, 2.05) is 25.1 Å². The van der Waals surface area contributed by atoms with E-state index in [1.54, 1.807) is 25.3 Å². The van der Waals surface area contributed by atoms with Gasteiger partial charge >= 0.3 is 5.97 Å². The molecule has 4 fully saturated rings. The Labute approximate surface area is 201 Å². The van der Waals surface area contributed by atoms with Gasteiger partial charge in [0.15, 0.2) is 13.1 Å². The summed E-state index contributed by atoms with van der Waals surface area (Å²) in [6.07, 6.45) is 7.42. The molecular formula is C29H32O5. The molecule has 0 saturated heterocycles. The fraction of sp³-hybridized carbons (Fsp3) is 0.483. The van der Waals surface area contributed by atoms with Crippen LogP contribution in [0.1, 0.15) is 72.5 Å². The molecular weight excluding hydrogens is 428 g/mol. The van der Waals surface area contributed by atoms with Crippen LogP contribution in [0.5, 0.6) is 5.75 Å². The maximum atomic E-state index is 11.6. The van der Waals surface area contributed by atoms with Crippen molar-refractivity contribution in [2.24, 2.45) is 17.8 Å². The average molecular weight is 461 g/mol. The standard InChI is InChI=1S/C29H32O5/c1-19(32-2)33-18-34-27-10-8-20(7-9-24-5-3-4-6-25(24)28(30)31)14-26(27)29-15-21-11-22(16-29)13-23(12-21)17-29/h3-6,8,10,14,19,21-23H,11-13,15-18H2,1-2H3,(H,30,31). The van der Waals surface area contributed by atoms with Crippen molar-refractivity contribution in [2.75, 3.05) is 13.9 Å². The summed E-state index contributed by atoms with van der Waals surface area (Å²) in [7, 11) is 1.61. The Morgan fingerprint density at radius 3 is 2.38 bits per heavy atom. The summed E-state index contributed by atoms with van der Waals surface area (Å²) in [6, 6.07) is 13.0. The Morgan fingerprint density at radius 2 is 1.74 bits per heavy atom. The third kappa shape index (κ3) is 4.58. The zero-order valence-corrected chi connectivity index (χ0v) is 19.9. The Kier molecular flexibility index (Phi) is 6.38. The molecule has 4 bridgehead atoms. The van der Waals surface area contributed by atoms with Gasteiger partial charge in [-0.2, -0.15) is 0 Å². The summed E-state index contributed by atoms with van der Waals surface area (Å²) in [5.41, 5.74) is 2.99. The Bertz CT molecular complexity index is 1090. The van der Waals surface area contributed by atoms with E-state index in [-0.39, 0.29) is 24.1 Å². The molecule has 2 aromatic carbocycles. The van der Waals surface area contributed by atoms with E-state index in [2.05, 4.69) is 17.9 Å². The van der Waals surface area contributed by atoms with Gasteiger partial charge in [-0.15, -0.1) is 0 Å². The van der Waals surface area contributed by atoms with Crippen molar-refractivity contribution in [3.63, 3.8) is 0 Å². The van der Waals surface area contributed by atoms with Gasteiger partial charge < -0.3 is 19.3 Å². The summed E-state index contributed by atoms with van der Waals surface area (Å²) in [4.78, 5) is 11.6. The number of hydrogen-bond donors (Lipinski definition) is 1. The number of benzene rings is 2. The van der Waals surface area contributed by atoms with Crippen LogP contribution in [0, 0.1) is 29.6 Å². The molecule has 2 aromatic rings. The summed E-state index contributed by atoms with van der Waals surface area (Å²) >= 11 is 0. The highest BCUT2D eigenvalue weighted by molar-refractivity contribution is 5.90. The molecule has 0 heterocycles. The minimum atomic E-state index is -0.965. The Hall–Kier alpha value is -2.81. The molecule has 1 atom stereocenters. The Morgan fingerprint density at radius 1 is 1.06 bits per heavy atom. The number of ether oxygens (including phenoxy) is 3. The second-order valence-electron chi connectivity index (χ2n) is 10.2. The molecule has 1 unspecified atom stereocenters. The van der Waals surface area contributed by atoms with Crippen LogP contribution in [0.15, 0.2) is 42.5 Å². The van der Waals surface area contributed by atoms with Crippen LogP contribution in [-0.4, -0.2) is 31.3 Å². The number of carbonyl (C=O) groups is 1. The first-order valence-electron chi connectivity index (χ1n) is 12.2. The van der Waals surface area contributed by atoms with E-state index < -0.39 is 5.97 Å². The second kappa shape index (κ2) is 9.44. The number of carboxylic acids is 1.